The Morgan fingerprint density at radius 3 is 2.72 bits per heavy atom. The van der Waals surface area contributed by atoms with Crippen molar-refractivity contribution < 1.29 is 18.7 Å². The Labute approximate surface area is 222 Å². The first kappa shape index (κ1) is 25.8. The fourth-order valence-electron chi connectivity index (χ4n) is 4.69. The average molecular weight is 528 g/mol. The summed E-state index contributed by atoms with van der Waals surface area (Å²) in [4.78, 5) is 27.4. The van der Waals surface area contributed by atoms with Crippen molar-refractivity contribution >= 4 is 17.3 Å². The highest BCUT2D eigenvalue weighted by atomic mass is 19.1. The van der Waals surface area contributed by atoms with Gasteiger partial charge in [-0.3, -0.25) is 9.78 Å². The lowest BCUT2D eigenvalue weighted by Crippen LogP contribution is -2.33. The monoisotopic (exact) mass is 527 g/mol. The summed E-state index contributed by atoms with van der Waals surface area (Å²) < 4.78 is 28.6. The largest absolute Gasteiger partial charge is 0.394 e. The third-order valence-corrected chi connectivity index (χ3v) is 6.54. The molecule has 1 amide bonds. The fourth-order valence-corrected chi connectivity index (χ4v) is 4.69. The summed E-state index contributed by atoms with van der Waals surface area (Å²) in [5.74, 6) is -2.59. The molecule has 2 aromatic heterocycles. The number of amides is 1. The lowest BCUT2D eigenvalue weighted by molar-refractivity contribution is 0.102. The zero-order chi connectivity index (χ0) is 27.5. The summed E-state index contributed by atoms with van der Waals surface area (Å²) in [5.41, 5.74) is 8.35. The topological polar surface area (TPSA) is 141 Å². The van der Waals surface area contributed by atoms with Gasteiger partial charge in [-0.25, -0.2) is 18.7 Å². The molecule has 0 bridgehead atoms. The number of aliphatic hydroxyl groups is 1. The Bertz CT molecular complexity index is 1570. The molecule has 0 saturated carbocycles. The number of nitrogens with two attached hydrogens (primary N) is 1. The molecule has 196 valence electrons. The van der Waals surface area contributed by atoms with Crippen molar-refractivity contribution in [3.63, 3.8) is 0 Å². The van der Waals surface area contributed by atoms with Crippen molar-refractivity contribution in [1.29, 1.82) is 5.26 Å². The number of nitriles is 1. The minimum Gasteiger partial charge on any atom is -0.394 e. The van der Waals surface area contributed by atoms with Crippen LogP contribution in [0.2, 0.25) is 0 Å². The van der Waals surface area contributed by atoms with Crippen LogP contribution in [-0.4, -0.2) is 51.2 Å². The van der Waals surface area contributed by atoms with E-state index in [0.29, 0.717) is 41.0 Å². The van der Waals surface area contributed by atoms with Crippen molar-refractivity contribution in [2.24, 2.45) is 5.73 Å². The van der Waals surface area contributed by atoms with Crippen LogP contribution < -0.4 is 16.0 Å². The van der Waals surface area contributed by atoms with Crippen molar-refractivity contribution in [2.45, 2.75) is 18.5 Å². The molecule has 0 spiro atoms. The molecule has 9 nitrogen and oxygen atoms in total. The van der Waals surface area contributed by atoms with E-state index in [1.807, 2.05) is 4.90 Å². The number of halogens is 2. The first-order valence-electron chi connectivity index (χ1n) is 12.1. The predicted molar refractivity (Wildman–Crippen MR) is 141 cm³/mol. The number of hydrogen-bond acceptors (Lipinski definition) is 8. The molecule has 2 aromatic carbocycles. The van der Waals surface area contributed by atoms with E-state index in [1.165, 1.54) is 24.5 Å². The second-order valence-electron chi connectivity index (χ2n) is 9.07. The van der Waals surface area contributed by atoms with E-state index >= 15 is 0 Å². The van der Waals surface area contributed by atoms with Crippen LogP contribution in [-0.2, 0) is 0 Å². The Kier molecular flexibility index (Phi) is 7.23. The standard InChI is InChI=1S/C28H23F2N7O2/c29-21-2-1-3-22(30)26(21)27-34-9-7-24(35-27)28(39)36-23-5-4-16(20-13-33-8-6-17(20)12-31)10-25(23)37-14-18(32)11-19(37)15-38/h1-10,13,18-19,38H,11,14-15,32H2,(H,36,39)/t18-,19-/m0/s1. The van der Waals surface area contributed by atoms with Crippen molar-refractivity contribution in [2.75, 3.05) is 23.4 Å². The van der Waals surface area contributed by atoms with Crippen LogP contribution in [0, 0.1) is 23.0 Å². The normalized spacial score (nSPS) is 16.6. The van der Waals surface area contributed by atoms with Gasteiger partial charge in [0.25, 0.3) is 5.91 Å². The van der Waals surface area contributed by atoms with Gasteiger partial charge in [0.05, 0.1) is 41.2 Å². The number of carbonyl (C=O) groups excluding carboxylic acids is 1. The maximum absolute atomic E-state index is 14.3. The van der Waals surface area contributed by atoms with Gasteiger partial charge in [0, 0.05) is 36.7 Å². The minimum absolute atomic E-state index is 0.103. The number of anilines is 2. The van der Waals surface area contributed by atoms with Gasteiger partial charge in [-0.1, -0.05) is 12.1 Å². The third kappa shape index (κ3) is 5.16. The highest BCUT2D eigenvalue weighted by Gasteiger charge is 2.31. The Hall–Kier alpha value is -4.79. The number of hydrogen-bond donors (Lipinski definition) is 3. The number of carbonyl (C=O) groups is 1. The summed E-state index contributed by atoms with van der Waals surface area (Å²) in [6, 6.07) is 13.2. The number of aliphatic hydroxyl groups excluding tert-OH is 1. The van der Waals surface area contributed by atoms with Crippen LogP contribution in [0.3, 0.4) is 0 Å². The van der Waals surface area contributed by atoms with Gasteiger partial charge in [0.15, 0.2) is 5.82 Å². The molecule has 1 aliphatic heterocycles. The molecule has 4 aromatic rings. The Morgan fingerprint density at radius 2 is 1.97 bits per heavy atom. The second kappa shape index (κ2) is 10.9. The van der Waals surface area contributed by atoms with Gasteiger partial charge in [-0.05, 0) is 48.4 Å². The molecule has 5 rings (SSSR count). The van der Waals surface area contributed by atoms with Gasteiger partial charge in [0.1, 0.15) is 17.3 Å². The minimum atomic E-state index is -0.849. The van der Waals surface area contributed by atoms with Crippen molar-refractivity contribution in [3.05, 3.63) is 90.0 Å². The number of pyridine rings is 1. The lowest BCUT2D eigenvalue weighted by atomic mass is 10.0. The maximum Gasteiger partial charge on any atom is 0.274 e. The average Bonchev–Trinajstić information content (AvgIpc) is 3.33. The molecule has 1 fully saturated rings. The van der Waals surface area contributed by atoms with Crippen LogP contribution in [0.25, 0.3) is 22.5 Å². The van der Waals surface area contributed by atoms with E-state index in [0.717, 1.165) is 12.1 Å². The Morgan fingerprint density at radius 1 is 1.18 bits per heavy atom. The summed E-state index contributed by atoms with van der Waals surface area (Å²) in [7, 11) is 0. The lowest BCUT2D eigenvalue weighted by Gasteiger charge is -2.28. The van der Waals surface area contributed by atoms with Crippen LogP contribution >= 0.6 is 0 Å². The van der Waals surface area contributed by atoms with E-state index in [9.17, 15) is 23.9 Å². The SMILES string of the molecule is N#Cc1ccncc1-c1ccc(NC(=O)c2ccnc(-c3c(F)cccc3F)n2)c(N2C[C@@H](N)C[C@H]2CO)c1. The maximum atomic E-state index is 14.3. The van der Waals surface area contributed by atoms with E-state index in [4.69, 9.17) is 5.73 Å². The first-order valence-corrected chi connectivity index (χ1v) is 12.1. The van der Waals surface area contributed by atoms with E-state index < -0.39 is 23.1 Å². The number of aromatic nitrogens is 3. The highest BCUT2D eigenvalue weighted by Crippen LogP contribution is 2.36. The molecule has 39 heavy (non-hydrogen) atoms. The van der Waals surface area contributed by atoms with E-state index in [2.05, 4.69) is 26.3 Å². The summed E-state index contributed by atoms with van der Waals surface area (Å²) in [6.07, 6.45) is 4.91. The Balaban J connectivity index is 1.53. The van der Waals surface area contributed by atoms with Gasteiger partial charge in [-0.2, -0.15) is 5.26 Å². The molecule has 3 heterocycles. The highest BCUT2D eigenvalue weighted by molar-refractivity contribution is 6.05. The molecule has 0 aliphatic carbocycles. The number of rotatable bonds is 6. The quantitative estimate of drug-likeness (QED) is 0.346. The van der Waals surface area contributed by atoms with E-state index in [1.54, 1.807) is 30.5 Å². The molecule has 1 saturated heterocycles. The van der Waals surface area contributed by atoms with Crippen molar-refractivity contribution in [3.8, 4) is 28.6 Å². The zero-order valence-electron chi connectivity index (χ0n) is 20.6. The second-order valence-corrected chi connectivity index (χ2v) is 9.07. The van der Waals surface area contributed by atoms with Crippen LogP contribution in [0.15, 0.2) is 67.1 Å². The van der Waals surface area contributed by atoms with Crippen LogP contribution in [0.4, 0.5) is 20.2 Å². The van der Waals surface area contributed by atoms with Crippen LogP contribution in [0.1, 0.15) is 22.5 Å². The molecular weight excluding hydrogens is 504 g/mol. The smallest absolute Gasteiger partial charge is 0.274 e. The molecule has 2 atom stereocenters. The summed E-state index contributed by atoms with van der Waals surface area (Å²) in [5, 5.41) is 22.4. The number of nitrogens with zero attached hydrogens (tertiary/aromatic N) is 5. The molecule has 1 aliphatic rings. The van der Waals surface area contributed by atoms with Gasteiger partial charge in [0.2, 0.25) is 0 Å². The number of benzene rings is 2. The first-order chi connectivity index (χ1) is 18.9. The molecule has 0 unspecified atom stereocenters. The van der Waals surface area contributed by atoms with Crippen molar-refractivity contribution in [1.82, 2.24) is 15.0 Å². The third-order valence-electron chi connectivity index (χ3n) is 6.54. The molecular formula is C28H23F2N7O2. The predicted octanol–water partition coefficient (Wildman–Crippen LogP) is 3.51. The summed E-state index contributed by atoms with van der Waals surface area (Å²) in [6.45, 7) is 0.283. The van der Waals surface area contributed by atoms with Gasteiger partial charge >= 0.3 is 0 Å². The molecule has 4 N–H and O–H groups in total. The number of nitrogens with one attached hydrogen (secondary N) is 1. The molecule has 11 heteroatoms. The fraction of sp³-hybridized carbons (Fsp3) is 0.179. The summed E-state index contributed by atoms with van der Waals surface area (Å²) >= 11 is 0. The zero-order valence-corrected chi connectivity index (χ0v) is 20.6. The van der Waals surface area contributed by atoms with Gasteiger partial charge < -0.3 is 21.1 Å². The van der Waals surface area contributed by atoms with Gasteiger partial charge in [-0.15, -0.1) is 0 Å². The van der Waals surface area contributed by atoms with Crippen LogP contribution in [0.5, 0.6) is 0 Å². The van der Waals surface area contributed by atoms with E-state index in [-0.39, 0.29) is 30.2 Å². The molecule has 0 radical (unpaired) electrons.